The van der Waals surface area contributed by atoms with Gasteiger partial charge in [0.2, 0.25) is 0 Å². The minimum atomic E-state index is -0.146. The van der Waals surface area contributed by atoms with Crippen LogP contribution >= 0.6 is 31.9 Å². The summed E-state index contributed by atoms with van der Waals surface area (Å²) in [6.07, 6.45) is 3.65. The number of nitrogens with zero attached hydrogens (tertiary/aromatic N) is 2. The van der Waals surface area contributed by atoms with Crippen LogP contribution in [-0.2, 0) is 7.05 Å². The Morgan fingerprint density at radius 1 is 1.45 bits per heavy atom. The molecule has 0 saturated carbocycles. The SMILES string of the molecule is Cn1c(C2=CCNC(=O)c3[nH]c(Br)c(Br)c32)cnc1N. The van der Waals surface area contributed by atoms with Crippen molar-refractivity contribution in [2.24, 2.45) is 7.05 Å². The molecular weight excluding hydrogens is 390 g/mol. The number of carbonyl (C=O) groups is 1. The largest absolute Gasteiger partial charge is 0.369 e. The number of anilines is 1. The van der Waals surface area contributed by atoms with E-state index in [2.05, 4.69) is 47.1 Å². The third-order valence-corrected chi connectivity index (χ3v) is 5.18. The molecule has 0 atom stereocenters. The summed E-state index contributed by atoms with van der Waals surface area (Å²) >= 11 is 6.90. The number of nitrogens with two attached hydrogens (primary N) is 1. The third-order valence-electron chi connectivity index (χ3n) is 3.26. The van der Waals surface area contributed by atoms with Crippen molar-refractivity contribution < 1.29 is 4.79 Å². The second-order valence-electron chi connectivity index (χ2n) is 4.39. The number of nitrogens with one attached hydrogen (secondary N) is 2. The number of rotatable bonds is 1. The first kappa shape index (κ1) is 13.4. The van der Waals surface area contributed by atoms with Crippen molar-refractivity contribution in [3.63, 3.8) is 0 Å². The zero-order valence-electron chi connectivity index (χ0n) is 10.5. The quantitative estimate of drug-likeness (QED) is 0.684. The summed E-state index contributed by atoms with van der Waals surface area (Å²) < 4.78 is 3.31. The molecule has 2 aromatic rings. The number of nitrogen functional groups attached to an aromatic ring is 1. The van der Waals surface area contributed by atoms with E-state index in [0.717, 1.165) is 25.9 Å². The van der Waals surface area contributed by atoms with Gasteiger partial charge in [0.15, 0.2) is 5.95 Å². The predicted molar refractivity (Wildman–Crippen MR) is 83.2 cm³/mol. The van der Waals surface area contributed by atoms with Gasteiger partial charge in [0, 0.05) is 24.7 Å². The fourth-order valence-electron chi connectivity index (χ4n) is 2.21. The molecule has 4 N–H and O–H groups in total. The van der Waals surface area contributed by atoms with Crippen LogP contribution in [0.2, 0.25) is 0 Å². The Balaban J connectivity index is 2.27. The smallest absolute Gasteiger partial charge is 0.268 e. The maximum atomic E-state index is 12.1. The molecule has 0 fully saturated rings. The number of amides is 1. The Hall–Kier alpha value is -1.54. The van der Waals surface area contributed by atoms with Crippen LogP contribution in [0.25, 0.3) is 5.57 Å². The maximum Gasteiger partial charge on any atom is 0.268 e. The van der Waals surface area contributed by atoms with Crippen LogP contribution < -0.4 is 11.1 Å². The van der Waals surface area contributed by atoms with Gasteiger partial charge >= 0.3 is 0 Å². The van der Waals surface area contributed by atoms with Crippen LogP contribution in [0, 0.1) is 0 Å². The number of aromatic amines is 1. The first-order valence-electron chi connectivity index (χ1n) is 5.84. The lowest BCUT2D eigenvalue weighted by atomic mass is 10.0. The highest BCUT2D eigenvalue weighted by Crippen LogP contribution is 2.38. The van der Waals surface area contributed by atoms with Crippen LogP contribution in [0.1, 0.15) is 21.7 Å². The molecule has 0 bridgehead atoms. The zero-order valence-corrected chi connectivity index (χ0v) is 13.7. The molecule has 0 unspecified atom stereocenters. The summed E-state index contributed by atoms with van der Waals surface area (Å²) in [6.45, 7) is 0.450. The van der Waals surface area contributed by atoms with E-state index in [9.17, 15) is 4.79 Å². The Morgan fingerprint density at radius 2 is 2.20 bits per heavy atom. The van der Waals surface area contributed by atoms with Gasteiger partial charge in [-0.15, -0.1) is 0 Å². The number of aromatic nitrogens is 3. The number of fused-ring (bicyclic) bond motifs is 1. The molecule has 0 aliphatic carbocycles. The first-order chi connectivity index (χ1) is 9.50. The predicted octanol–water partition coefficient (Wildman–Crippen LogP) is 2.03. The van der Waals surface area contributed by atoms with Gasteiger partial charge in [0.25, 0.3) is 5.91 Å². The average molecular weight is 401 g/mol. The molecule has 2 aromatic heterocycles. The second-order valence-corrected chi connectivity index (χ2v) is 5.98. The monoisotopic (exact) mass is 399 g/mol. The van der Waals surface area contributed by atoms with Crippen molar-refractivity contribution in [2.75, 3.05) is 12.3 Å². The molecule has 8 heteroatoms. The fraction of sp³-hybridized carbons (Fsp3) is 0.167. The van der Waals surface area contributed by atoms with Gasteiger partial charge in [-0.1, -0.05) is 6.08 Å². The summed E-state index contributed by atoms with van der Waals surface area (Å²) in [7, 11) is 1.84. The van der Waals surface area contributed by atoms with Crippen molar-refractivity contribution in [1.82, 2.24) is 19.9 Å². The summed E-state index contributed by atoms with van der Waals surface area (Å²) in [6, 6.07) is 0. The number of imidazole rings is 1. The zero-order chi connectivity index (χ0) is 14.4. The van der Waals surface area contributed by atoms with E-state index in [1.54, 1.807) is 10.8 Å². The topological polar surface area (TPSA) is 88.7 Å². The van der Waals surface area contributed by atoms with Crippen LogP contribution in [0.15, 0.2) is 21.3 Å². The van der Waals surface area contributed by atoms with Crippen molar-refractivity contribution >= 4 is 49.3 Å². The molecule has 104 valence electrons. The average Bonchev–Trinajstić information content (AvgIpc) is 2.83. The van der Waals surface area contributed by atoms with Gasteiger partial charge in [-0.05, 0) is 31.9 Å². The van der Waals surface area contributed by atoms with Gasteiger partial charge in [-0.25, -0.2) is 4.98 Å². The van der Waals surface area contributed by atoms with Gasteiger partial charge < -0.3 is 20.6 Å². The number of carbonyl (C=O) groups excluding carboxylic acids is 1. The van der Waals surface area contributed by atoms with Gasteiger partial charge in [0.1, 0.15) is 5.69 Å². The van der Waals surface area contributed by atoms with E-state index in [4.69, 9.17) is 5.73 Å². The highest BCUT2D eigenvalue weighted by atomic mass is 79.9. The van der Waals surface area contributed by atoms with Crippen molar-refractivity contribution in [3.8, 4) is 0 Å². The Labute approximate surface area is 131 Å². The number of H-pyrrole nitrogens is 1. The lowest BCUT2D eigenvalue weighted by Crippen LogP contribution is -2.22. The fourth-order valence-corrected chi connectivity index (χ4v) is 3.12. The van der Waals surface area contributed by atoms with E-state index in [-0.39, 0.29) is 5.91 Å². The van der Waals surface area contributed by atoms with Crippen LogP contribution in [0.3, 0.4) is 0 Å². The van der Waals surface area contributed by atoms with E-state index in [0.29, 0.717) is 18.2 Å². The molecule has 0 aromatic carbocycles. The van der Waals surface area contributed by atoms with Crippen molar-refractivity contribution in [2.45, 2.75) is 0 Å². The molecule has 3 heterocycles. The van der Waals surface area contributed by atoms with E-state index >= 15 is 0 Å². The number of hydrogen-bond acceptors (Lipinski definition) is 3. The van der Waals surface area contributed by atoms with Crippen LogP contribution in [0.5, 0.6) is 0 Å². The third kappa shape index (κ3) is 1.90. The van der Waals surface area contributed by atoms with Crippen molar-refractivity contribution in [1.29, 1.82) is 0 Å². The first-order valence-corrected chi connectivity index (χ1v) is 7.42. The molecule has 0 saturated heterocycles. The van der Waals surface area contributed by atoms with E-state index < -0.39 is 0 Å². The number of halogens is 2. The molecule has 20 heavy (non-hydrogen) atoms. The highest BCUT2D eigenvalue weighted by molar-refractivity contribution is 9.13. The molecule has 0 radical (unpaired) electrons. The summed E-state index contributed by atoms with van der Waals surface area (Å²) in [5.41, 5.74) is 8.85. The van der Waals surface area contributed by atoms with Crippen molar-refractivity contribution in [3.05, 3.63) is 38.3 Å². The van der Waals surface area contributed by atoms with Gasteiger partial charge in [0.05, 0.1) is 21.0 Å². The van der Waals surface area contributed by atoms with E-state index in [1.807, 2.05) is 13.1 Å². The standard InChI is InChI=1S/C12H11Br2N5O/c1-19-6(4-17-12(19)15)5-2-3-16-11(20)9-7(5)8(13)10(14)18-9/h2,4,18H,3H2,1H3,(H2,15,17)(H,16,20). The van der Waals surface area contributed by atoms with E-state index in [1.165, 1.54) is 0 Å². The molecular formula is C12H11Br2N5O. The minimum Gasteiger partial charge on any atom is -0.369 e. The lowest BCUT2D eigenvalue weighted by molar-refractivity contribution is 0.0954. The van der Waals surface area contributed by atoms with Crippen LogP contribution in [0.4, 0.5) is 5.95 Å². The molecule has 1 aliphatic heterocycles. The normalized spacial score (nSPS) is 14.6. The Bertz CT molecular complexity index is 743. The number of hydrogen-bond donors (Lipinski definition) is 3. The Morgan fingerprint density at radius 3 is 2.85 bits per heavy atom. The molecule has 1 amide bonds. The Kier molecular flexibility index (Phi) is 3.21. The summed E-state index contributed by atoms with van der Waals surface area (Å²) in [5, 5.41) is 2.82. The summed E-state index contributed by atoms with van der Waals surface area (Å²) in [4.78, 5) is 19.2. The lowest BCUT2D eigenvalue weighted by Gasteiger charge is -2.08. The van der Waals surface area contributed by atoms with Gasteiger partial charge in [-0.3, -0.25) is 4.79 Å². The second kappa shape index (κ2) is 4.78. The molecule has 6 nitrogen and oxygen atoms in total. The van der Waals surface area contributed by atoms with Gasteiger partial charge in [-0.2, -0.15) is 0 Å². The minimum absolute atomic E-state index is 0.146. The maximum absolute atomic E-state index is 12.1. The summed E-state index contributed by atoms with van der Waals surface area (Å²) in [5.74, 6) is 0.282. The van der Waals surface area contributed by atoms with Crippen LogP contribution in [-0.4, -0.2) is 27.0 Å². The molecule has 1 aliphatic rings. The molecule has 3 rings (SSSR count). The highest BCUT2D eigenvalue weighted by Gasteiger charge is 2.26. The molecule has 0 spiro atoms.